The van der Waals surface area contributed by atoms with Crippen LogP contribution in [0.3, 0.4) is 0 Å². The van der Waals surface area contributed by atoms with Crippen molar-refractivity contribution >= 4 is 17.5 Å². The highest BCUT2D eigenvalue weighted by Crippen LogP contribution is 2.31. The summed E-state index contributed by atoms with van der Waals surface area (Å²) in [5.41, 5.74) is 0.731. The predicted molar refractivity (Wildman–Crippen MR) is 117 cm³/mol. The maximum Gasteiger partial charge on any atom is 0.273 e. The van der Waals surface area contributed by atoms with Gasteiger partial charge in [-0.15, -0.1) is 0 Å². The van der Waals surface area contributed by atoms with Crippen LogP contribution in [-0.2, 0) is 16.0 Å². The first-order valence-corrected chi connectivity index (χ1v) is 10.8. The SMILES string of the molecule is CCOC([18F])COCCOc1ccc(-c2ocnc2C(=O)NCCCn2cncn2)cc1Cl. The van der Waals surface area contributed by atoms with Gasteiger partial charge in [0.2, 0.25) is 6.36 Å². The van der Waals surface area contributed by atoms with Gasteiger partial charge in [0.25, 0.3) is 5.91 Å². The number of amides is 1. The normalized spacial score (nSPS) is 12.0. The summed E-state index contributed by atoms with van der Waals surface area (Å²) in [4.78, 5) is 20.4. The summed E-state index contributed by atoms with van der Waals surface area (Å²) in [6.45, 7) is 3.25. The van der Waals surface area contributed by atoms with Gasteiger partial charge in [-0.1, -0.05) is 11.6 Å². The molecule has 1 amide bonds. The highest BCUT2D eigenvalue weighted by atomic mass is 35.5. The Morgan fingerprint density at radius 1 is 1.36 bits per heavy atom. The van der Waals surface area contributed by atoms with Crippen molar-refractivity contribution in [2.45, 2.75) is 26.2 Å². The lowest BCUT2D eigenvalue weighted by molar-refractivity contribution is -0.0865. The van der Waals surface area contributed by atoms with Crippen LogP contribution in [0.4, 0.5) is 4.39 Å². The third-order valence-electron chi connectivity index (χ3n) is 4.37. The highest BCUT2D eigenvalue weighted by molar-refractivity contribution is 6.32. The number of hydrogen-bond donors (Lipinski definition) is 1. The first-order valence-electron chi connectivity index (χ1n) is 10.4. The molecule has 2 aromatic heterocycles. The second-order valence-corrected chi connectivity index (χ2v) is 7.14. The van der Waals surface area contributed by atoms with E-state index in [4.69, 9.17) is 30.2 Å². The molecule has 1 N–H and O–H groups in total. The highest BCUT2D eigenvalue weighted by Gasteiger charge is 2.19. The van der Waals surface area contributed by atoms with Crippen LogP contribution < -0.4 is 10.1 Å². The van der Waals surface area contributed by atoms with Crippen LogP contribution in [0.5, 0.6) is 5.75 Å². The second-order valence-electron chi connectivity index (χ2n) is 6.73. The number of aromatic nitrogens is 4. The molecular formula is C21H25ClFN5O5. The van der Waals surface area contributed by atoms with Gasteiger partial charge in [0.15, 0.2) is 17.8 Å². The van der Waals surface area contributed by atoms with Crippen molar-refractivity contribution < 1.29 is 27.8 Å². The number of hydrogen-bond acceptors (Lipinski definition) is 8. The van der Waals surface area contributed by atoms with Crippen molar-refractivity contribution in [1.82, 2.24) is 25.1 Å². The number of benzene rings is 1. The van der Waals surface area contributed by atoms with E-state index in [2.05, 4.69) is 20.4 Å². The number of rotatable bonds is 14. The molecule has 0 radical (unpaired) electrons. The summed E-state index contributed by atoms with van der Waals surface area (Å²) in [5.74, 6) is 0.360. The van der Waals surface area contributed by atoms with Gasteiger partial charge in [-0.3, -0.25) is 9.48 Å². The Morgan fingerprint density at radius 2 is 2.24 bits per heavy atom. The summed E-state index contributed by atoms with van der Waals surface area (Å²) in [6, 6.07) is 4.97. The average molecular weight is 481 g/mol. The molecule has 2 heterocycles. The van der Waals surface area contributed by atoms with Crippen molar-refractivity contribution in [1.29, 1.82) is 0 Å². The summed E-state index contributed by atoms with van der Waals surface area (Å²) in [5, 5.41) is 7.14. The minimum atomic E-state index is -1.46. The fraction of sp³-hybridized carbons (Fsp3) is 0.429. The Bertz CT molecular complexity index is 1000. The van der Waals surface area contributed by atoms with Crippen LogP contribution >= 0.6 is 11.6 Å². The predicted octanol–water partition coefficient (Wildman–Crippen LogP) is 3.13. The molecule has 33 heavy (non-hydrogen) atoms. The Hall–Kier alpha value is -3.02. The van der Waals surface area contributed by atoms with E-state index in [1.807, 2.05) is 0 Å². The number of carbonyl (C=O) groups is 1. The number of ether oxygens (including phenoxy) is 3. The lowest BCUT2D eigenvalue weighted by atomic mass is 10.1. The molecule has 0 bridgehead atoms. The molecule has 10 nitrogen and oxygen atoms in total. The van der Waals surface area contributed by atoms with Crippen molar-refractivity contribution in [2.24, 2.45) is 0 Å². The van der Waals surface area contributed by atoms with Crippen LogP contribution in [0.1, 0.15) is 23.8 Å². The summed E-state index contributed by atoms with van der Waals surface area (Å²) in [6.07, 6.45) is 3.50. The molecule has 1 aromatic carbocycles. The maximum absolute atomic E-state index is 13.2. The van der Waals surface area contributed by atoms with E-state index >= 15 is 0 Å². The summed E-state index contributed by atoms with van der Waals surface area (Å²) < 4.78 is 35.7. The van der Waals surface area contributed by atoms with Gasteiger partial charge >= 0.3 is 0 Å². The molecule has 3 aromatic rings. The number of halogens is 2. The molecule has 0 saturated heterocycles. The van der Waals surface area contributed by atoms with E-state index in [1.54, 1.807) is 36.1 Å². The lowest BCUT2D eigenvalue weighted by Crippen LogP contribution is -2.26. The van der Waals surface area contributed by atoms with Crippen molar-refractivity contribution in [3.63, 3.8) is 0 Å². The van der Waals surface area contributed by atoms with Crippen molar-refractivity contribution in [3.05, 3.63) is 48.0 Å². The smallest absolute Gasteiger partial charge is 0.273 e. The minimum absolute atomic E-state index is 0.156. The molecule has 1 unspecified atom stereocenters. The van der Waals surface area contributed by atoms with Gasteiger partial charge in [0, 0.05) is 25.3 Å². The fourth-order valence-corrected chi connectivity index (χ4v) is 3.10. The molecule has 0 aliphatic carbocycles. The van der Waals surface area contributed by atoms with E-state index in [-0.39, 0.29) is 38.0 Å². The lowest BCUT2D eigenvalue weighted by Gasteiger charge is -2.11. The van der Waals surface area contributed by atoms with E-state index in [1.165, 1.54) is 12.7 Å². The molecule has 0 aliphatic heterocycles. The zero-order valence-corrected chi connectivity index (χ0v) is 18.8. The molecule has 12 heteroatoms. The van der Waals surface area contributed by atoms with Crippen LogP contribution in [0.15, 0.2) is 41.7 Å². The third-order valence-corrected chi connectivity index (χ3v) is 4.67. The standard InChI is InChI=1S/C21H25ClFN5O5/c1-2-31-18(23)11-30-8-9-32-17-5-4-15(10-16(17)22)20-19(26-14-33-20)21(29)25-6-3-7-28-13-24-12-27-28/h4-5,10,12-14,18H,2-3,6-9,11H2,1H3,(H,25,29)/i23-1. The number of nitrogens with zero attached hydrogens (tertiary/aromatic N) is 4. The number of carbonyl (C=O) groups excluding carboxylic acids is 1. The molecule has 0 saturated carbocycles. The second kappa shape index (κ2) is 12.9. The Labute approximate surface area is 195 Å². The first kappa shape index (κ1) is 24.6. The molecule has 0 spiro atoms. The molecule has 0 fully saturated rings. The number of oxazole rings is 1. The van der Waals surface area contributed by atoms with Gasteiger partial charge in [0.1, 0.15) is 31.6 Å². The van der Waals surface area contributed by atoms with Crippen molar-refractivity contribution in [2.75, 3.05) is 33.0 Å². The first-order chi connectivity index (χ1) is 16.1. The van der Waals surface area contributed by atoms with Crippen LogP contribution in [0, 0.1) is 0 Å². The van der Waals surface area contributed by atoms with E-state index in [0.29, 0.717) is 41.6 Å². The zero-order chi connectivity index (χ0) is 23.5. The van der Waals surface area contributed by atoms with E-state index in [9.17, 15) is 9.18 Å². The largest absolute Gasteiger partial charge is 0.490 e. The number of alkyl halides is 1. The summed E-state index contributed by atoms with van der Waals surface area (Å²) >= 11 is 6.31. The Morgan fingerprint density at radius 3 is 3.00 bits per heavy atom. The molecular weight excluding hydrogens is 456 g/mol. The monoisotopic (exact) mass is 480 g/mol. The maximum atomic E-state index is 13.2. The fourth-order valence-electron chi connectivity index (χ4n) is 2.86. The van der Waals surface area contributed by atoms with Crippen molar-refractivity contribution in [3.8, 4) is 17.1 Å². The quantitative estimate of drug-likeness (QED) is 0.350. The van der Waals surface area contributed by atoms with Gasteiger partial charge in [-0.05, 0) is 31.5 Å². The van der Waals surface area contributed by atoms with Gasteiger partial charge in [-0.2, -0.15) is 5.10 Å². The molecule has 3 rings (SSSR count). The Balaban J connectivity index is 1.49. The van der Waals surface area contributed by atoms with Crippen LogP contribution in [0.2, 0.25) is 5.02 Å². The van der Waals surface area contributed by atoms with E-state index in [0.717, 1.165) is 0 Å². The molecule has 1 atom stereocenters. The Kier molecular flexibility index (Phi) is 9.60. The molecule has 178 valence electrons. The molecule has 0 aliphatic rings. The third kappa shape index (κ3) is 7.52. The number of aryl methyl sites for hydroxylation is 1. The number of nitrogens with one attached hydrogen (secondary N) is 1. The van der Waals surface area contributed by atoms with Gasteiger partial charge in [-0.25, -0.2) is 14.4 Å². The van der Waals surface area contributed by atoms with Crippen LogP contribution in [-0.4, -0.2) is 65.0 Å². The van der Waals surface area contributed by atoms with Gasteiger partial charge < -0.3 is 23.9 Å². The summed E-state index contributed by atoms with van der Waals surface area (Å²) in [7, 11) is 0. The zero-order valence-electron chi connectivity index (χ0n) is 18.1. The van der Waals surface area contributed by atoms with E-state index < -0.39 is 6.36 Å². The van der Waals surface area contributed by atoms with Crippen LogP contribution in [0.25, 0.3) is 11.3 Å². The minimum Gasteiger partial charge on any atom is -0.490 e. The topological polar surface area (TPSA) is 114 Å². The van der Waals surface area contributed by atoms with Gasteiger partial charge in [0.05, 0.1) is 11.6 Å². The average Bonchev–Trinajstić information content (AvgIpc) is 3.50.